The van der Waals surface area contributed by atoms with Gasteiger partial charge in [-0.3, -0.25) is 14.4 Å². The average molecular weight is 501 g/mol. The predicted molar refractivity (Wildman–Crippen MR) is 148 cm³/mol. The van der Waals surface area contributed by atoms with Gasteiger partial charge in [0.1, 0.15) is 0 Å². The van der Waals surface area contributed by atoms with Crippen LogP contribution in [0.2, 0.25) is 0 Å². The van der Waals surface area contributed by atoms with Crippen molar-refractivity contribution in [2.75, 3.05) is 19.6 Å². The molecule has 1 saturated carbocycles. The van der Waals surface area contributed by atoms with Gasteiger partial charge in [-0.2, -0.15) is 0 Å². The van der Waals surface area contributed by atoms with E-state index in [0.717, 1.165) is 63.7 Å². The molecule has 196 valence electrons. The van der Waals surface area contributed by atoms with Crippen LogP contribution in [0.4, 0.5) is 0 Å². The number of benzene rings is 2. The van der Waals surface area contributed by atoms with Gasteiger partial charge in [0.15, 0.2) is 11.6 Å². The fraction of sp³-hybridized carbons (Fsp3) is 0.469. The first kappa shape index (κ1) is 27.0. The van der Waals surface area contributed by atoms with Crippen molar-refractivity contribution in [2.45, 2.75) is 64.8 Å². The Bertz CT molecular complexity index is 1110. The molecule has 2 aromatic rings. The number of nitrogens with one attached hydrogen (secondary N) is 1. The zero-order valence-electron chi connectivity index (χ0n) is 22.2. The molecule has 0 atom stereocenters. The largest absolute Gasteiger partial charge is 0.350 e. The minimum Gasteiger partial charge on any atom is -0.350 e. The number of amides is 1. The lowest BCUT2D eigenvalue weighted by molar-refractivity contribution is -0.117. The van der Waals surface area contributed by atoms with Crippen molar-refractivity contribution >= 4 is 17.5 Å². The second kappa shape index (κ2) is 13.0. The fourth-order valence-corrected chi connectivity index (χ4v) is 5.54. The summed E-state index contributed by atoms with van der Waals surface area (Å²) < 4.78 is 0. The summed E-state index contributed by atoms with van der Waals surface area (Å²) in [7, 11) is 0. The smallest absolute Gasteiger partial charge is 0.244 e. The SMILES string of the molecule is CC(C)C(=O)c1ccc2c(c1)CCN(CCC1CCC(NC(=O)/C=C/C(=O)c3ccccc3)CC1)CC2. The zero-order valence-corrected chi connectivity index (χ0v) is 22.2. The molecule has 2 aliphatic rings. The maximum atomic E-state index is 12.4. The quantitative estimate of drug-likeness (QED) is 0.368. The summed E-state index contributed by atoms with van der Waals surface area (Å²) >= 11 is 0. The maximum absolute atomic E-state index is 12.4. The second-order valence-corrected chi connectivity index (χ2v) is 10.9. The van der Waals surface area contributed by atoms with E-state index in [1.165, 1.54) is 29.7 Å². The Hall–Kier alpha value is -3.05. The molecule has 0 unspecified atom stereocenters. The van der Waals surface area contributed by atoms with Crippen LogP contribution in [0.1, 0.15) is 77.8 Å². The van der Waals surface area contributed by atoms with E-state index in [1.54, 1.807) is 12.1 Å². The normalized spacial score (nSPS) is 20.4. The average Bonchev–Trinajstić information content (AvgIpc) is 3.13. The Morgan fingerprint density at radius 1 is 0.892 bits per heavy atom. The van der Waals surface area contributed by atoms with Crippen LogP contribution in [0.3, 0.4) is 0 Å². The lowest BCUT2D eigenvalue weighted by atomic mass is 9.84. The van der Waals surface area contributed by atoms with Crippen LogP contribution >= 0.6 is 0 Å². The van der Waals surface area contributed by atoms with Crippen LogP contribution < -0.4 is 5.32 Å². The molecule has 0 saturated heterocycles. The van der Waals surface area contributed by atoms with E-state index in [9.17, 15) is 14.4 Å². The van der Waals surface area contributed by atoms with E-state index in [0.29, 0.717) is 11.5 Å². The topological polar surface area (TPSA) is 66.5 Å². The summed E-state index contributed by atoms with van der Waals surface area (Å²) in [6.07, 6.45) is 10.2. The van der Waals surface area contributed by atoms with Crippen molar-refractivity contribution in [2.24, 2.45) is 11.8 Å². The van der Waals surface area contributed by atoms with Crippen molar-refractivity contribution in [1.29, 1.82) is 0 Å². The molecular weight excluding hydrogens is 460 g/mol. The van der Waals surface area contributed by atoms with Crippen molar-refractivity contribution in [3.05, 3.63) is 82.9 Å². The van der Waals surface area contributed by atoms with Gasteiger partial charge in [0, 0.05) is 42.3 Å². The van der Waals surface area contributed by atoms with Crippen molar-refractivity contribution in [3.8, 4) is 0 Å². The van der Waals surface area contributed by atoms with Crippen molar-refractivity contribution < 1.29 is 14.4 Å². The highest BCUT2D eigenvalue weighted by molar-refractivity contribution is 6.07. The minimum absolute atomic E-state index is 0.0315. The second-order valence-electron chi connectivity index (χ2n) is 10.9. The molecule has 1 N–H and O–H groups in total. The molecule has 1 amide bonds. The number of nitrogens with zero attached hydrogens (tertiary/aromatic N) is 1. The van der Waals surface area contributed by atoms with Gasteiger partial charge < -0.3 is 10.2 Å². The van der Waals surface area contributed by atoms with Crippen LogP contribution in [0.5, 0.6) is 0 Å². The lowest BCUT2D eigenvalue weighted by Gasteiger charge is -2.30. The van der Waals surface area contributed by atoms with E-state index < -0.39 is 0 Å². The Morgan fingerprint density at radius 2 is 1.59 bits per heavy atom. The zero-order chi connectivity index (χ0) is 26.2. The third-order valence-corrected chi connectivity index (χ3v) is 7.90. The molecule has 37 heavy (non-hydrogen) atoms. The van der Waals surface area contributed by atoms with Gasteiger partial charge in [-0.15, -0.1) is 0 Å². The first-order valence-corrected chi connectivity index (χ1v) is 13.9. The van der Waals surface area contributed by atoms with Crippen LogP contribution in [0, 0.1) is 11.8 Å². The summed E-state index contributed by atoms with van der Waals surface area (Å²) in [6.45, 7) is 7.15. The van der Waals surface area contributed by atoms with Gasteiger partial charge in [0.05, 0.1) is 0 Å². The Morgan fingerprint density at radius 3 is 2.30 bits per heavy atom. The predicted octanol–water partition coefficient (Wildman–Crippen LogP) is 5.43. The molecule has 5 nitrogen and oxygen atoms in total. The highest BCUT2D eigenvalue weighted by Gasteiger charge is 2.23. The van der Waals surface area contributed by atoms with Crippen LogP contribution in [0.25, 0.3) is 0 Å². The molecule has 0 spiro atoms. The maximum Gasteiger partial charge on any atom is 0.244 e. The number of hydrogen-bond donors (Lipinski definition) is 1. The molecule has 0 aromatic heterocycles. The summed E-state index contributed by atoms with van der Waals surface area (Å²) in [6, 6.07) is 15.5. The molecule has 1 heterocycles. The first-order chi connectivity index (χ1) is 17.9. The van der Waals surface area contributed by atoms with Crippen LogP contribution in [-0.4, -0.2) is 48.0 Å². The molecule has 0 bridgehead atoms. The monoisotopic (exact) mass is 500 g/mol. The van der Waals surface area contributed by atoms with Crippen molar-refractivity contribution in [1.82, 2.24) is 10.2 Å². The standard InChI is InChI=1S/C32H40N2O3/c1-23(2)32(37)28-11-10-25-17-20-34(21-18-27(25)22-28)19-16-24-8-12-29(13-9-24)33-31(36)15-14-30(35)26-6-4-3-5-7-26/h3-7,10-11,14-15,22-24,29H,8-9,12-13,16-21H2,1-2H3,(H,33,36)/b15-14+. The molecule has 1 fully saturated rings. The molecule has 0 radical (unpaired) electrons. The summed E-state index contributed by atoms with van der Waals surface area (Å²) in [5, 5.41) is 3.08. The van der Waals surface area contributed by atoms with E-state index >= 15 is 0 Å². The van der Waals surface area contributed by atoms with E-state index in [4.69, 9.17) is 0 Å². The van der Waals surface area contributed by atoms with Gasteiger partial charge >= 0.3 is 0 Å². The van der Waals surface area contributed by atoms with E-state index in [-0.39, 0.29) is 29.4 Å². The lowest BCUT2D eigenvalue weighted by Crippen LogP contribution is -2.37. The highest BCUT2D eigenvalue weighted by atomic mass is 16.2. The number of hydrogen-bond acceptors (Lipinski definition) is 4. The number of carbonyl (C=O) groups excluding carboxylic acids is 3. The van der Waals surface area contributed by atoms with E-state index in [1.807, 2.05) is 38.1 Å². The van der Waals surface area contributed by atoms with Crippen LogP contribution in [0.15, 0.2) is 60.7 Å². The molecule has 1 aliphatic heterocycles. The van der Waals surface area contributed by atoms with Crippen LogP contribution in [-0.2, 0) is 17.6 Å². The number of Topliss-reactive ketones (excluding diaryl/α,β-unsaturated/α-hetero) is 1. The fourth-order valence-electron chi connectivity index (χ4n) is 5.54. The Kier molecular flexibility index (Phi) is 9.45. The van der Waals surface area contributed by atoms with Gasteiger partial charge in [-0.05, 0) is 80.7 Å². The molecule has 1 aliphatic carbocycles. The van der Waals surface area contributed by atoms with E-state index in [2.05, 4.69) is 22.3 Å². The number of fused-ring (bicyclic) bond motifs is 1. The number of rotatable bonds is 9. The highest BCUT2D eigenvalue weighted by Crippen LogP contribution is 2.28. The molecule has 4 rings (SSSR count). The number of allylic oxidation sites excluding steroid dienone is 1. The van der Waals surface area contributed by atoms with Gasteiger partial charge in [-0.25, -0.2) is 0 Å². The van der Waals surface area contributed by atoms with Gasteiger partial charge in [0.2, 0.25) is 5.91 Å². The third kappa shape index (κ3) is 7.72. The van der Waals surface area contributed by atoms with Gasteiger partial charge in [-0.1, -0.05) is 56.3 Å². The molecule has 2 aromatic carbocycles. The first-order valence-electron chi connectivity index (χ1n) is 13.9. The Balaban J connectivity index is 1.17. The number of ketones is 2. The van der Waals surface area contributed by atoms with Crippen molar-refractivity contribution in [3.63, 3.8) is 0 Å². The summed E-state index contributed by atoms with van der Waals surface area (Å²) in [5.74, 6) is 0.622. The molecular formula is C32H40N2O3. The third-order valence-electron chi connectivity index (χ3n) is 7.90. The summed E-state index contributed by atoms with van der Waals surface area (Å²) in [4.78, 5) is 39.4. The van der Waals surface area contributed by atoms with Gasteiger partial charge in [0.25, 0.3) is 0 Å². The number of carbonyl (C=O) groups is 3. The molecule has 5 heteroatoms. The minimum atomic E-state index is -0.185. The summed E-state index contributed by atoms with van der Waals surface area (Å²) in [5.41, 5.74) is 4.17. The Labute approximate surface area is 221 Å².